The number of halogens is 1. The van der Waals surface area contributed by atoms with Crippen LogP contribution in [0.5, 0.6) is 0 Å². The summed E-state index contributed by atoms with van der Waals surface area (Å²) in [4.78, 5) is 28.4. The van der Waals surface area contributed by atoms with Gasteiger partial charge >= 0.3 is 0 Å². The Labute approximate surface area is 210 Å². The zero-order valence-electron chi connectivity index (χ0n) is 20.5. The normalized spacial score (nSPS) is 14.2. The molecule has 2 atom stereocenters. The van der Waals surface area contributed by atoms with Crippen molar-refractivity contribution in [2.45, 2.75) is 45.6 Å². The standard InChI is InChI=1S/C28H31FNO5P/c1-4-23-26(19-10-12-21(29)13-11-19)24(14-15-36(34,35)17-22(31)16-25(32)33)27(18(2)3)30-28(23)20-8-6-5-7-9-20/h5-15,18,22,31H,4,16-17H2,1-3H3,(H,32,33)(H,34,35)/p-2/b15-14+/t22-/m1/s1. The fourth-order valence-corrected chi connectivity index (χ4v) is 5.41. The molecule has 2 aromatic carbocycles. The molecule has 0 bridgehead atoms. The van der Waals surface area contributed by atoms with E-state index in [2.05, 4.69) is 0 Å². The molecule has 0 spiro atoms. The third kappa shape index (κ3) is 6.76. The molecular weight excluding hydrogens is 480 g/mol. The Morgan fingerprint density at radius 1 is 1.11 bits per heavy atom. The summed E-state index contributed by atoms with van der Waals surface area (Å²) in [7, 11) is -4.29. The van der Waals surface area contributed by atoms with Crippen LogP contribution in [0.25, 0.3) is 28.5 Å². The highest BCUT2D eigenvalue weighted by Crippen LogP contribution is 2.43. The van der Waals surface area contributed by atoms with Crippen molar-refractivity contribution in [1.29, 1.82) is 0 Å². The van der Waals surface area contributed by atoms with E-state index in [9.17, 15) is 28.9 Å². The van der Waals surface area contributed by atoms with E-state index in [1.54, 1.807) is 12.1 Å². The van der Waals surface area contributed by atoms with Crippen LogP contribution in [-0.4, -0.2) is 28.3 Å². The number of pyridine rings is 1. The van der Waals surface area contributed by atoms with Crippen LogP contribution < -0.4 is 10.00 Å². The van der Waals surface area contributed by atoms with Gasteiger partial charge in [0.25, 0.3) is 0 Å². The Morgan fingerprint density at radius 2 is 1.75 bits per heavy atom. The van der Waals surface area contributed by atoms with Gasteiger partial charge in [-0.3, -0.25) is 4.98 Å². The van der Waals surface area contributed by atoms with Crippen molar-refractivity contribution in [1.82, 2.24) is 4.98 Å². The van der Waals surface area contributed by atoms with Gasteiger partial charge in [0.1, 0.15) is 5.82 Å². The van der Waals surface area contributed by atoms with Gasteiger partial charge in [-0.25, -0.2) is 4.39 Å². The summed E-state index contributed by atoms with van der Waals surface area (Å²) in [5, 5.41) is 20.5. The van der Waals surface area contributed by atoms with Crippen LogP contribution >= 0.6 is 7.37 Å². The summed E-state index contributed by atoms with van der Waals surface area (Å²) < 4.78 is 26.5. The minimum Gasteiger partial charge on any atom is -0.796 e. The maximum Gasteiger partial charge on any atom is 0.123 e. The highest BCUT2D eigenvalue weighted by atomic mass is 31.2. The highest BCUT2D eigenvalue weighted by Gasteiger charge is 2.22. The molecule has 1 aromatic heterocycles. The molecule has 6 nitrogen and oxygen atoms in total. The monoisotopic (exact) mass is 509 g/mol. The van der Waals surface area contributed by atoms with Crippen molar-refractivity contribution in [3.05, 3.63) is 83.1 Å². The average Bonchev–Trinajstić information content (AvgIpc) is 2.81. The Hall–Kier alpha value is -3.12. The van der Waals surface area contributed by atoms with Gasteiger partial charge in [-0.2, -0.15) is 0 Å². The summed E-state index contributed by atoms with van der Waals surface area (Å²) >= 11 is 0. The van der Waals surface area contributed by atoms with E-state index in [1.165, 1.54) is 18.2 Å². The summed E-state index contributed by atoms with van der Waals surface area (Å²) in [5.41, 5.74) is 5.28. The molecule has 0 aliphatic rings. The van der Waals surface area contributed by atoms with E-state index in [0.29, 0.717) is 23.2 Å². The highest BCUT2D eigenvalue weighted by molar-refractivity contribution is 7.60. The fraction of sp³-hybridized carbons (Fsp3) is 0.286. The molecular formula is C28H29FNO5P-2. The van der Waals surface area contributed by atoms with Gasteiger partial charge in [0.2, 0.25) is 0 Å². The van der Waals surface area contributed by atoms with E-state index >= 15 is 0 Å². The number of nitrogens with zero attached hydrogens (tertiary/aromatic N) is 1. The molecule has 0 radical (unpaired) electrons. The maximum absolute atomic E-state index is 13.8. The molecule has 36 heavy (non-hydrogen) atoms. The number of aliphatic hydroxyl groups is 1. The first kappa shape index (κ1) is 27.5. The summed E-state index contributed by atoms with van der Waals surface area (Å²) in [6, 6.07) is 15.7. The molecule has 1 unspecified atom stereocenters. The lowest BCUT2D eigenvalue weighted by Gasteiger charge is -2.25. The van der Waals surface area contributed by atoms with E-state index in [4.69, 9.17) is 4.98 Å². The van der Waals surface area contributed by atoms with Crippen molar-refractivity contribution in [3.8, 4) is 22.4 Å². The summed E-state index contributed by atoms with van der Waals surface area (Å²) in [6.45, 7) is 5.89. The van der Waals surface area contributed by atoms with Crippen LogP contribution in [0, 0.1) is 5.82 Å². The second-order valence-corrected chi connectivity index (χ2v) is 11.1. The molecule has 8 heteroatoms. The molecule has 1 heterocycles. The van der Waals surface area contributed by atoms with Gasteiger partial charge in [0.05, 0.1) is 17.5 Å². The lowest BCUT2D eigenvalue weighted by molar-refractivity contribution is -0.307. The molecule has 1 N–H and O–H groups in total. The minimum atomic E-state index is -4.29. The number of aromatic nitrogens is 1. The average molecular weight is 510 g/mol. The number of rotatable bonds is 10. The van der Waals surface area contributed by atoms with Crippen molar-refractivity contribution < 1.29 is 28.9 Å². The van der Waals surface area contributed by atoms with Crippen molar-refractivity contribution >= 4 is 19.4 Å². The zero-order valence-corrected chi connectivity index (χ0v) is 21.4. The topological polar surface area (TPSA) is 113 Å². The first-order valence-corrected chi connectivity index (χ1v) is 13.6. The Balaban J connectivity index is 2.26. The van der Waals surface area contributed by atoms with E-state index in [-0.39, 0.29) is 11.7 Å². The number of aliphatic carboxylic acids is 1. The number of carboxylic acids is 1. The molecule has 3 rings (SSSR count). The van der Waals surface area contributed by atoms with Gasteiger partial charge in [-0.05, 0) is 47.0 Å². The van der Waals surface area contributed by atoms with Crippen molar-refractivity contribution in [2.24, 2.45) is 0 Å². The number of carboxylic acid groups (broad SMARTS) is 1. The van der Waals surface area contributed by atoms with Crippen LogP contribution in [0.15, 0.2) is 60.4 Å². The molecule has 0 aliphatic carbocycles. The van der Waals surface area contributed by atoms with Gasteiger partial charge in [-0.15, -0.1) is 0 Å². The van der Waals surface area contributed by atoms with Gasteiger partial charge in [0, 0.05) is 37.0 Å². The lowest BCUT2D eigenvalue weighted by atomic mass is 9.87. The smallest absolute Gasteiger partial charge is 0.123 e. The van der Waals surface area contributed by atoms with Crippen molar-refractivity contribution in [3.63, 3.8) is 0 Å². The molecule has 3 aromatic rings. The zero-order chi connectivity index (χ0) is 26.5. The summed E-state index contributed by atoms with van der Waals surface area (Å²) in [6.07, 6.45) is -1.03. The molecule has 0 saturated carbocycles. The number of carbonyl (C=O) groups excluding carboxylic acids is 1. The van der Waals surface area contributed by atoms with Crippen LogP contribution in [0.1, 0.15) is 49.9 Å². The Morgan fingerprint density at radius 3 is 2.31 bits per heavy atom. The maximum atomic E-state index is 13.8. The second-order valence-electron chi connectivity index (χ2n) is 8.95. The van der Waals surface area contributed by atoms with Gasteiger partial charge in [0.15, 0.2) is 0 Å². The Kier molecular flexibility index (Phi) is 8.96. The number of carbonyl (C=O) groups is 1. The molecule has 0 fully saturated rings. The molecule has 0 amide bonds. The first-order valence-electron chi connectivity index (χ1n) is 11.8. The SMILES string of the molecule is CCc1c(-c2ccccc2)nc(C(C)C)c(/C=C/P(=O)([O-])C[C@H](O)CC(=O)[O-])c1-c1ccc(F)cc1. The third-order valence-corrected chi connectivity index (χ3v) is 7.32. The minimum absolute atomic E-state index is 0.0769. The van der Waals surface area contributed by atoms with Crippen molar-refractivity contribution in [2.75, 3.05) is 6.16 Å². The van der Waals surface area contributed by atoms with Crippen LogP contribution in [-0.2, 0) is 15.8 Å². The predicted molar refractivity (Wildman–Crippen MR) is 136 cm³/mol. The second kappa shape index (κ2) is 11.7. The molecule has 190 valence electrons. The Bertz CT molecular complexity index is 1290. The van der Waals surface area contributed by atoms with Crippen LogP contribution in [0.4, 0.5) is 4.39 Å². The number of hydrogen-bond donors (Lipinski definition) is 1. The van der Waals surface area contributed by atoms with E-state index in [0.717, 1.165) is 28.2 Å². The number of hydrogen-bond acceptors (Lipinski definition) is 6. The third-order valence-electron chi connectivity index (χ3n) is 5.78. The number of aliphatic hydroxyl groups excluding tert-OH is 1. The van der Waals surface area contributed by atoms with Gasteiger partial charge < -0.3 is 24.5 Å². The largest absolute Gasteiger partial charge is 0.796 e. The van der Waals surface area contributed by atoms with Crippen LogP contribution in [0.2, 0.25) is 0 Å². The predicted octanol–water partition coefficient (Wildman–Crippen LogP) is 4.35. The first-order chi connectivity index (χ1) is 17.0. The van der Waals surface area contributed by atoms with Gasteiger partial charge in [-0.1, -0.05) is 69.3 Å². The fourth-order valence-electron chi connectivity index (χ4n) is 4.19. The number of benzene rings is 2. The lowest BCUT2D eigenvalue weighted by Crippen LogP contribution is -2.29. The summed E-state index contributed by atoms with van der Waals surface area (Å²) in [5.74, 6) is -0.989. The van der Waals surface area contributed by atoms with E-state index < -0.39 is 32.0 Å². The van der Waals surface area contributed by atoms with E-state index in [1.807, 2.05) is 51.1 Å². The molecule has 0 saturated heterocycles. The quantitative estimate of drug-likeness (QED) is 0.407. The van der Waals surface area contributed by atoms with Crippen LogP contribution in [0.3, 0.4) is 0 Å². The molecule has 0 aliphatic heterocycles.